The molecule has 0 atom stereocenters. The lowest BCUT2D eigenvalue weighted by Gasteiger charge is -2.06. The second kappa shape index (κ2) is 4.81. The number of rotatable bonds is 3. The van der Waals surface area contributed by atoms with Gasteiger partial charge in [0.2, 0.25) is 0 Å². The Bertz CT molecular complexity index is 480. The Morgan fingerprint density at radius 2 is 1.88 bits per heavy atom. The summed E-state index contributed by atoms with van der Waals surface area (Å²) < 4.78 is 0. The molecule has 2 aromatic carbocycles. The second-order valence-electron chi connectivity index (χ2n) is 3.75. The zero-order valence-corrected chi connectivity index (χ0v) is 9.27. The van der Waals surface area contributed by atoms with Crippen molar-refractivity contribution in [2.24, 2.45) is 0 Å². The molecule has 0 fully saturated rings. The minimum atomic E-state index is 0.323. The number of nitrogens with one attached hydrogen (secondary N) is 1. The van der Waals surface area contributed by atoms with E-state index in [4.69, 9.17) is 0 Å². The highest BCUT2D eigenvalue weighted by molar-refractivity contribution is 5.70. The molecule has 0 unspecified atom stereocenters. The molecule has 0 aliphatic rings. The molecule has 0 saturated carbocycles. The van der Waals surface area contributed by atoms with Gasteiger partial charge in [-0.05, 0) is 30.3 Å². The summed E-state index contributed by atoms with van der Waals surface area (Å²) in [4.78, 5) is 0. The maximum absolute atomic E-state index is 9.77. The van der Waals surface area contributed by atoms with Gasteiger partial charge in [0.15, 0.2) is 0 Å². The molecular formula is C14H15NO. The molecule has 0 amide bonds. The van der Waals surface area contributed by atoms with Gasteiger partial charge in [-0.1, -0.05) is 36.4 Å². The number of hydrogen-bond acceptors (Lipinski definition) is 2. The van der Waals surface area contributed by atoms with Crippen molar-refractivity contribution in [2.75, 3.05) is 7.05 Å². The quantitative estimate of drug-likeness (QED) is 0.821. The first kappa shape index (κ1) is 10.7. The number of hydrogen-bond donors (Lipinski definition) is 2. The molecule has 0 aliphatic heterocycles. The molecule has 2 aromatic rings. The van der Waals surface area contributed by atoms with Gasteiger partial charge in [0.25, 0.3) is 0 Å². The highest BCUT2D eigenvalue weighted by atomic mass is 16.3. The maximum Gasteiger partial charge on any atom is 0.123 e. The zero-order valence-electron chi connectivity index (χ0n) is 9.27. The molecule has 0 spiro atoms. The van der Waals surface area contributed by atoms with Crippen LogP contribution in [0.25, 0.3) is 11.1 Å². The summed E-state index contributed by atoms with van der Waals surface area (Å²) in [6.45, 7) is 0.835. The van der Waals surface area contributed by atoms with E-state index in [-0.39, 0.29) is 0 Å². The van der Waals surface area contributed by atoms with Crippen molar-refractivity contribution < 1.29 is 5.11 Å². The van der Waals surface area contributed by atoms with Crippen LogP contribution in [0.5, 0.6) is 5.75 Å². The monoisotopic (exact) mass is 213 g/mol. The Kier molecular flexibility index (Phi) is 3.22. The zero-order chi connectivity index (χ0) is 11.4. The molecule has 0 heterocycles. The SMILES string of the molecule is CNCc1cccc(-c2ccccc2O)c1. The van der Waals surface area contributed by atoms with Crippen LogP contribution in [-0.4, -0.2) is 12.2 Å². The van der Waals surface area contributed by atoms with E-state index in [9.17, 15) is 5.11 Å². The Morgan fingerprint density at radius 1 is 1.06 bits per heavy atom. The largest absolute Gasteiger partial charge is 0.507 e. The van der Waals surface area contributed by atoms with E-state index >= 15 is 0 Å². The second-order valence-corrected chi connectivity index (χ2v) is 3.75. The van der Waals surface area contributed by atoms with Crippen LogP contribution in [0.15, 0.2) is 48.5 Å². The fraction of sp³-hybridized carbons (Fsp3) is 0.143. The van der Waals surface area contributed by atoms with Crippen molar-refractivity contribution in [1.82, 2.24) is 5.32 Å². The Balaban J connectivity index is 2.40. The predicted octanol–water partition coefficient (Wildman–Crippen LogP) is 2.78. The standard InChI is InChI=1S/C14H15NO/c1-15-10-11-5-4-6-12(9-11)13-7-2-3-8-14(13)16/h2-9,15-16H,10H2,1H3. The normalized spacial score (nSPS) is 10.3. The van der Waals surface area contributed by atoms with Crippen LogP contribution in [0.3, 0.4) is 0 Å². The van der Waals surface area contributed by atoms with Gasteiger partial charge in [-0.3, -0.25) is 0 Å². The van der Waals surface area contributed by atoms with Crippen molar-refractivity contribution >= 4 is 0 Å². The van der Waals surface area contributed by atoms with Gasteiger partial charge < -0.3 is 10.4 Å². The molecule has 2 heteroatoms. The van der Waals surface area contributed by atoms with Gasteiger partial charge >= 0.3 is 0 Å². The third-order valence-corrected chi connectivity index (χ3v) is 2.52. The number of benzene rings is 2. The first-order chi connectivity index (χ1) is 7.81. The molecule has 0 aromatic heterocycles. The van der Waals surface area contributed by atoms with Gasteiger partial charge in [0.1, 0.15) is 5.75 Å². The summed E-state index contributed by atoms with van der Waals surface area (Å²) in [5.74, 6) is 0.323. The van der Waals surface area contributed by atoms with Crippen LogP contribution in [0.1, 0.15) is 5.56 Å². The third kappa shape index (κ3) is 2.23. The minimum Gasteiger partial charge on any atom is -0.507 e. The average molecular weight is 213 g/mol. The topological polar surface area (TPSA) is 32.3 Å². The van der Waals surface area contributed by atoms with Gasteiger partial charge in [0, 0.05) is 12.1 Å². The fourth-order valence-corrected chi connectivity index (χ4v) is 1.77. The van der Waals surface area contributed by atoms with E-state index in [0.29, 0.717) is 5.75 Å². The smallest absolute Gasteiger partial charge is 0.123 e. The van der Waals surface area contributed by atoms with Crippen LogP contribution in [0, 0.1) is 0 Å². The molecule has 2 rings (SSSR count). The molecule has 82 valence electrons. The van der Waals surface area contributed by atoms with E-state index in [1.165, 1.54) is 5.56 Å². The van der Waals surface area contributed by atoms with Crippen LogP contribution in [0.4, 0.5) is 0 Å². The summed E-state index contributed by atoms with van der Waals surface area (Å²) in [6.07, 6.45) is 0. The summed E-state index contributed by atoms with van der Waals surface area (Å²) in [5.41, 5.74) is 3.13. The molecule has 0 saturated heterocycles. The van der Waals surface area contributed by atoms with Gasteiger partial charge in [-0.2, -0.15) is 0 Å². The number of para-hydroxylation sites is 1. The first-order valence-electron chi connectivity index (χ1n) is 5.33. The van der Waals surface area contributed by atoms with E-state index in [0.717, 1.165) is 17.7 Å². The highest BCUT2D eigenvalue weighted by Crippen LogP contribution is 2.28. The summed E-state index contributed by atoms with van der Waals surface area (Å²) in [6, 6.07) is 15.6. The maximum atomic E-state index is 9.77. The van der Waals surface area contributed by atoms with Gasteiger partial charge in [-0.25, -0.2) is 0 Å². The van der Waals surface area contributed by atoms with Crippen LogP contribution >= 0.6 is 0 Å². The lowest BCUT2D eigenvalue weighted by atomic mass is 10.0. The van der Waals surface area contributed by atoms with Crippen molar-refractivity contribution in [3.8, 4) is 16.9 Å². The lowest BCUT2D eigenvalue weighted by molar-refractivity contribution is 0.477. The van der Waals surface area contributed by atoms with Crippen molar-refractivity contribution in [3.63, 3.8) is 0 Å². The van der Waals surface area contributed by atoms with E-state index in [1.807, 2.05) is 37.4 Å². The van der Waals surface area contributed by atoms with E-state index in [2.05, 4.69) is 17.4 Å². The van der Waals surface area contributed by atoms with Crippen molar-refractivity contribution in [2.45, 2.75) is 6.54 Å². The van der Waals surface area contributed by atoms with Crippen molar-refractivity contribution in [3.05, 3.63) is 54.1 Å². The predicted molar refractivity (Wildman–Crippen MR) is 66.3 cm³/mol. The number of phenolic OH excluding ortho intramolecular Hbond substituents is 1. The van der Waals surface area contributed by atoms with E-state index in [1.54, 1.807) is 6.07 Å². The van der Waals surface area contributed by atoms with Gasteiger partial charge in [-0.15, -0.1) is 0 Å². The minimum absolute atomic E-state index is 0.323. The highest BCUT2D eigenvalue weighted by Gasteiger charge is 2.03. The Morgan fingerprint density at radius 3 is 2.62 bits per heavy atom. The lowest BCUT2D eigenvalue weighted by Crippen LogP contribution is -2.04. The Hall–Kier alpha value is -1.80. The summed E-state index contributed by atoms with van der Waals surface area (Å²) in [7, 11) is 1.92. The molecule has 2 nitrogen and oxygen atoms in total. The fourth-order valence-electron chi connectivity index (χ4n) is 1.77. The molecule has 0 bridgehead atoms. The van der Waals surface area contributed by atoms with Crippen molar-refractivity contribution in [1.29, 1.82) is 0 Å². The summed E-state index contributed by atoms with van der Waals surface area (Å²) in [5, 5.41) is 12.9. The molecule has 0 radical (unpaired) electrons. The Labute approximate surface area is 95.6 Å². The first-order valence-corrected chi connectivity index (χ1v) is 5.33. The van der Waals surface area contributed by atoms with Crippen LogP contribution in [-0.2, 0) is 6.54 Å². The molecular weight excluding hydrogens is 198 g/mol. The number of phenols is 1. The van der Waals surface area contributed by atoms with E-state index < -0.39 is 0 Å². The molecule has 2 N–H and O–H groups in total. The molecule has 16 heavy (non-hydrogen) atoms. The van der Waals surface area contributed by atoms with Gasteiger partial charge in [0.05, 0.1) is 0 Å². The third-order valence-electron chi connectivity index (χ3n) is 2.52. The van der Waals surface area contributed by atoms with Crippen LogP contribution < -0.4 is 5.32 Å². The number of aromatic hydroxyl groups is 1. The average Bonchev–Trinajstić information content (AvgIpc) is 2.30. The van der Waals surface area contributed by atoms with Crippen LogP contribution in [0.2, 0.25) is 0 Å². The molecule has 0 aliphatic carbocycles. The summed E-state index contributed by atoms with van der Waals surface area (Å²) >= 11 is 0.